The Balaban J connectivity index is 1.84. The first-order valence-corrected chi connectivity index (χ1v) is 11.6. The van der Waals surface area contributed by atoms with Gasteiger partial charge < -0.3 is 9.53 Å². The molecule has 1 saturated heterocycles. The lowest BCUT2D eigenvalue weighted by atomic mass is 9.90. The summed E-state index contributed by atoms with van der Waals surface area (Å²) in [7, 11) is 0. The molecule has 1 heterocycles. The van der Waals surface area contributed by atoms with E-state index in [1.54, 1.807) is 0 Å². The molecule has 1 aliphatic rings. The van der Waals surface area contributed by atoms with Gasteiger partial charge in [-0.15, -0.1) is 0 Å². The normalized spacial score (nSPS) is 20.3. The molecule has 0 bridgehead atoms. The summed E-state index contributed by atoms with van der Waals surface area (Å²) < 4.78 is 6.01. The summed E-state index contributed by atoms with van der Waals surface area (Å²) in [5, 5.41) is 0. The molecule has 3 rings (SSSR count). The molecule has 3 nitrogen and oxygen atoms in total. The fraction of sp³-hybridized carbons (Fsp3) is 0.519. The smallest absolute Gasteiger partial charge is 0.134 e. The number of likely N-dealkylation sites (tertiary alicyclic amines) is 1. The van der Waals surface area contributed by atoms with Crippen LogP contribution in [0.2, 0.25) is 0 Å². The van der Waals surface area contributed by atoms with Crippen LogP contribution in [0.4, 0.5) is 0 Å². The first-order valence-electron chi connectivity index (χ1n) is 11.6. The molecule has 0 radical (unpaired) electrons. The summed E-state index contributed by atoms with van der Waals surface area (Å²) in [4.78, 5) is 13.7. The molecule has 0 saturated carbocycles. The minimum atomic E-state index is 0.292. The molecule has 2 aromatic carbocycles. The third kappa shape index (κ3) is 5.13. The molecule has 0 N–H and O–H groups in total. The van der Waals surface area contributed by atoms with Crippen molar-refractivity contribution in [1.82, 2.24) is 4.90 Å². The maximum atomic E-state index is 11.4. The average Bonchev–Trinajstić information content (AvgIpc) is 3.18. The molecule has 2 aromatic rings. The van der Waals surface area contributed by atoms with Crippen molar-refractivity contribution in [3.63, 3.8) is 0 Å². The molecule has 1 fully saturated rings. The van der Waals surface area contributed by atoms with Crippen LogP contribution in [0, 0.1) is 0 Å². The third-order valence-corrected chi connectivity index (χ3v) is 6.57. The van der Waals surface area contributed by atoms with Crippen LogP contribution in [0.1, 0.15) is 87.1 Å². The first-order chi connectivity index (χ1) is 14.6. The maximum absolute atomic E-state index is 11.4. The average molecular weight is 408 g/mol. The Kier molecular flexibility index (Phi) is 8.09. The van der Waals surface area contributed by atoms with Gasteiger partial charge in [-0.2, -0.15) is 0 Å². The van der Waals surface area contributed by atoms with Crippen molar-refractivity contribution in [2.45, 2.75) is 71.3 Å². The zero-order valence-corrected chi connectivity index (χ0v) is 19.1. The van der Waals surface area contributed by atoms with Crippen LogP contribution in [0.3, 0.4) is 0 Å². The summed E-state index contributed by atoms with van der Waals surface area (Å²) in [6, 6.07) is 16.1. The monoisotopic (exact) mass is 407 g/mol. The van der Waals surface area contributed by atoms with Gasteiger partial charge in [-0.05, 0) is 66.3 Å². The highest BCUT2D eigenvalue weighted by Crippen LogP contribution is 2.42. The van der Waals surface area contributed by atoms with E-state index in [2.05, 4.69) is 68.1 Å². The van der Waals surface area contributed by atoms with Crippen LogP contribution < -0.4 is 4.74 Å². The fourth-order valence-corrected chi connectivity index (χ4v) is 4.70. The Morgan fingerprint density at radius 3 is 2.47 bits per heavy atom. The minimum Gasteiger partial charge on any atom is -0.494 e. The highest BCUT2D eigenvalue weighted by Gasteiger charge is 2.34. The van der Waals surface area contributed by atoms with Crippen LogP contribution in [-0.4, -0.2) is 30.9 Å². The highest BCUT2D eigenvalue weighted by atomic mass is 16.5. The standard InChI is InChI=1S/C27H37NO2/c1-5-8-21-9-11-22(12-10-21)26-17-24(19-28(26)15-16-29)23-13-14-25(20(4)6-2)27(18-23)30-7-3/h9-14,16,18,20,24,26H,5-8,15,17,19H2,1-4H3/t20?,24-,26?/m1/s1. The Morgan fingerprint density at radius 2 is 1.83 bits per heavy atom. The molecule has 30 heavy (non-hydrogen) atoms. The van der Waals surface area contributed by atoms with Crippen LogP contribution in [0.15, 0.2) is 42.5 Å². The Labute approximate surface area is 182 Å². The molecule has 2 unspecified atom stereocenters. The predicted molar refractivity (Wildman–Crippen MR) is 124 cm³/mol. The second-order valence-corrected chi connectivity index (χ2v) is 8.60. The second kappa shape index (κ2) is 10.8. The van der Waals surface area contributed by atoms with Gasteiger partial charge in [-0.1, -0.05) is 63.6 Å². The quantitative estimate of drug-likeness (QED) is 0.434. The molecular weight excluding hydrogens is 370 g/mol. The molecule has 1 aliphatic heterocycles. The van der Waals surface area contributed by atoms with Gasteiger partial charge in [0.25, 0.3) is 0 Å². The number of hydrogen-bond acceptors (Lipinski definition) is 3. The van der Waals surface area contributed by atoms with E-state index in [0.29, 0.717) is 31.0 Å². The first kappa shape index (κ1) is 22.6. The molecular formula is C27H37NO2. The fourth-order valence-electron chi connectivity index (χ4n) is 4.70. The summed E-state index contributed by atoms with van der Waals surface area (Å²) in [5.74, 6) is 1.93. The molecule has 0 amide bonds. The molecule has 3 atom stereocenters. The zero-order chi connectivity index (χ0) is 21.5. The minimum absolute atomic E-state index is 0.292. The number of rotatable bonds is 10. The van der Waals surface area contributed by atoms with E-state index in [-0.39, 0.29) is 0 Å². The van der Waals surface area contributed by atoms with Gasteiger partial charge in [0.1, 0.15) is 12.0 Å². The van der Waals surface area contributed by atoms with Crippen LogP contribution in [-0.2, 0) is 11.2 Å². The van der Waals surface area contributed by atoms with Gasteiger partial charge in [-0.3, -0.25) is 4.90 Å². The predicted octanol–water partition coefficient (Wildman–Crippen LogP) is 6.28. The van der Waals surface area contributed by atoms with E-state index < -0.39 is 0 Å². The van der Waals surface area contributed by atoms with Crippen molar-refractivity contribution in [2.75, 3.05) is 19.7 Å². The number of hydrogen-bond donors (Lipinski definition) is 0. The number of aryl methyl sites for hydroxylation is 1. The van der Waals surface area contributed by atoms with Crippen molar-refractivity contribution in [3.8, 4) is 5.75 Å². The van der Waals surface area contributed by atoms with Crippen molar-refractivity contribution >= 4 is 6.29 Å². The number of carbonyl (C=O) groups is 1. The van der Waals surface area contributed by atoms with E-state index in [4.69, 9.17) is 4.74 Å². The lowest BCUT2D eigenvalue weighted by Crippen LogP contribution is -2.25. The number of benzene rings is 2. The van der Waals surface area contributed by atoms with Gasteiger partial charge in [-0.25, -0.2) is 0 Å². The van der Waals surface area contributed by atoms with Gasteiger partial charge in [0.05, 0.1) is 13.2 Å². The van der Waals surface area contributed by atoms with Gasteiger partial charge in [0, 0.05) is 12.6 Å². The number of nitrogens with zero attached hydrogens (tertiary/aromatic N) is 1. The molecule has 0 aromatic heterocycles. The maximum Gasteiger partial charge on any atom is 0.134 e. The van der Waals surface area contributed by atoms with Crippen molar-refractivity contribution in [1.29, 1.82) is 0 Å². The summed E-state index contributed by atoms with van der Waals surface area (Å²) in [6.07, 6.45) is 5.46. The molecule has 3 heteroatoms. The number of carbonyl (C=O) groups excluding carboxylic acids is 1. The zero-order valence-electron chi connectivity index (χ0n) is 19.1. The van der Waals surface area contributed by atoms with E-state index in [0.717, 1.165) is 44.3 Å². The lowest BCUT2D eigenvalue weighted by molar-refractivity contribution is -0.109. The molecule has 0 aliphatic carbocycles. The van der Waals surface area contributed by atoms with Gasteiger partial charge in [0.2, 0.25) is 0 Å². The molecule has 0 spiro atoms. The van der Waals surface area contributed by atoms with E-state index >= 15 is 0 Å². The van der Waals surface area contributed by atoms with Crippen LogP contribution in [0.25, 0.3) is 0 Å². The van der Waals surface area contributed by atoms with Crippen molar-refractivity contribution < 1.29 is 9.53 Å². The number of aldehydes is 1. The van der Waals surface area contributed by atoms with Gasteiger partial charge >= 0.3 is 0 Å². The molecule has 162 valence electrons. The summed E-state index contributed by atoms with van der Waals surface area (Å²) >= 11 is 0. The SMILES string of the molecule is CCCc1ccc(C2C[C@@H](c3ccc(C(C)CC)c(OCC)c3)CN2CC=O)cc1. The highest BCUT2D eigenvalue weighted by molar-refractivity contribution is 5.52. The van der Waals surface area contributed by atoms with Crippen LogP contribution in [0.5, 0.6) is 5.75 Å². The summed E-state index contributed by atoms with van der Waals surface area (Å²) in [5.41, 5.74) is 5.33. The Bertz CT molecular complexity index is 814. The van der Waals surface area contributed by atoms with Crippen molar-refractivity contribution in [3.05, 3.63) is 64.7 Å². The Morgan fingerprint density at radius 1 is 1.10 bits per heavy atom. The topological polar surface area (TPSA) is 29.5 Å². The largest absolute Gasteiger partial charge is 0.494 e. The van der Waals surface area contributed by atoms with E-state index in [9.17, 15) is 4.79 Å². The second-order valence-electron chi connectivity index (χ2n) is 8.60. The summed E-state index contributed by atoms with van der Waals surface area (Å²) in [6.45, 7) is 10.8. The van der Waals surface area contributed by atoms with E-state index in [1.165, 1.54) is 22.3 Å². The van der Waals surface area contributed by atoms with Crippen LogP contribution >= 0.6 is 0 Å². The van der Waals surface area contributed by atoms with E-state index in [1.807, 2.05) is 6.92 Å². The lowest BCUT2D eigenvalue weighted by Gasteiger charge is -2.22. The Hall–Kier alpha value is -2.13. The third-order valence-electron chi connectivity index (χ3n) is 6.57. The van der Waals surface area contributed by atoms with Gasteiger partial charge in [0.15, 0.2) is 0 Å². The van der Waals surface area contributed by atoms with Crippen molar-refractivity contribution in [2.24, 2.45) is 0 Å². The number of ether oxygens (including phenoxy) is 1.